The molecule has 2 aromatic rings. The molecular formula is C15H19N3O3. The minimum absolute atomic E-state index is 0.0149. The van der Waals surface area contributed by atoms with E-state index in [-0.39, 0.29) is 5.69 Å². The highest BCUT2D eigenvalue weighted by Crippen LogP contribution is 2.29. The first-order valence-corrected chi connectivity index (χ1v) is 6.93. The van der Waals surface area contributed by atoms with E-state index in [1.165, 1.54) is 12.3 Å². The van der Waals surface area contributed by atoms with Crippen molar-refractivity contribution in [2.75, 3.05) is 11.9 Å². The lowest BCUT2D eigenvalue weighted by Crippen LogP contribution is -2.21. The molecule has 6 nitrogen and oxygen atoms in total. The maximum Gasteiger partial charge on any atom is 0.295 e. The number of nitrogens with zero attached hydrogens (tertiary/aromatic N) is 2. The van der Waals surface area contributed by atoms with E-state index in [2.05, 4.69) is 24.1 Å². The summed E-state index contributed by atoms with van der Waals surface area (Å²) in [5.41, 5.74) is 1.08. The minimum atomic E-state index is -0.452. The van der Waals surface area contributed by atoms with E-state index in [1.54, 1.807) is 18.2 Å². The number of hydrogen-bond acceptors (Lipinski definition) is 5. The van der Waals surface area contributed by atoms with Crippen LogP contribution in [0.5, 0.6) is 0 Å². The van der Waals surface area contributed by atoms with Gasteiger partial charge in [0.2, 0.25) is 0 Å². The number of fused-ring (bicyclic) bond motifs is 1. The Morgan fingerprint density at radius 2 is 2.14 bits per heavy atom. The molecule has 6 heteroatoms. The van der Waals surface area contributed by atoms with Gasteiger partial charge in [-0.3, -0.25) is 10.1 Å². The lowest BCUT2D eigenvalue weighted by atomic mass is 10.1. The van der Waals surface area contributed by atoms with Gasteiger partial charge in [-0.2, -0.15) is 0 Å². The molecule has 0 saturated carbocycles. The van der Waals surface area contributed by atoms with Crippen LogP contribution in [0, 0.1) is 16.0 Å². The van der Waals surface area contributed by atoms with Crippen molar-refractivity contribution >= 4 is 22.3 Å². The molecular weight excluding hydrogens is 270 g/mol. The summed E-state index contributed by atoms with van der Waals surface area (Å²) in [5, 5.41) is 24.8. The normalized spacial score (nSPS) is 12.6. The molecule has 2 N–H and O–H groups in total. The summed E-state index contributed by atoms with van der Waals surface area (Å²) in [6.45, 7) is 4.50. The van der Waals surface area contributed by atoms with E-state index in [9.17, 15) is 15.2 Å². The van der Waals surface area contributed by atoms with Gasteiger partial charge in [-0.05, 0) is 30.5 Å². The molecule has 1 unspecified atom stereocenters. The molecule has 0 saturated heterocycles. The van der Waals surface area contributed by atoms with Gasteiger partial charge in [-0.15, -0.1) is 0 Å². The summed E-state index contributed by atoms with van der Waals surface area (Å²) in [6, 6.07) is 6.62. The van der Waals surface area contributed by atoms with E-state index < -0.39 is 11.0 Å². The third-order valence-electron chi connectivity index (χ3n) is 3.22. The number of aromatic nitrogens is 1. The lowest BCUT2D eigenvalue weighted by Gasteiger charge is -2.15. The Kier molecular flexibility index (Phi) is 4.70. The van der Waals surface area contributed by atoms with Crippen molar-refractivity contribution in [3.8, 4) is 0 Å². The number of nitro benzene ring substituents is 1. The van der Waals surface area contributed by atoms with Crippen molar-refractivity contribution in [2.45, 2.75) is 26.4 Å². The molecule has 1 atom stereocenters. The first-order chi connectivity index (χ1) is 9.99. The fraction of sp³-hybridized carbons (Fsp3) is 0.400. The highest BCUT2D eigenvalue weighted by Gasteiger charge is 2.15. The third kappa shape index (κ3) is 3.66. The van der Waals surface area contributed by atoms with Crippen LogP contribution in [0.4, 0.5) is 11.4 Å². The molecule has 0 amide bonds. The molecule has 0 bridgehead atoms. The van der Waals surface area contributed by atoms with Crippen LogP contribution < -0.4 is 5.32 Å². The van der Waals surface area contributed by atoms with Gasteiger partial charge in [-0.1, -0.05) is 13.8 Å². The molecule has 1 aromatic carbocycles. The van der Waals surface area contributed by atoms with E-state index in [1.807, 2.05) is 0 Å². The molecule has 1 heterocycles. The van der Waals surface area contributed by atoms with E-state index in [0.717, 1.165) is 5.69 Å². The van der Waals surface area contributed by atoms with Crippen LogP contribution in [-0.4, -0.2) is 27.7 Å². The second-order valence-electron chi connectivity index (χ2n) is 5.45. The van der Waals surface area contributed by atoms with Crippen molar-refractivity contribution in [3.63, 3.8) is 0 Å². The van der Waals surface area contributed by atoms with Crippen LogP contribution in [0.2, 0.25) is 0 Å². The first kappa shape index (κ1) is 15.2. The summed E-state index contributed by atoms with van der Waals surface area (Å²) in [7, 11) is 0. The van der Waals surface area contributed by atoms with Crippen molar-refractivity contribution in [1.82, 2.24) is 4.98 Å². The predicted octanol–water partition coefficient (Wildman–Crippen LogP) is 2.96. The third-order valence-corrected chi connectivity index (χ3v) is 3.22. The second-order valence-corrected chi connectivity index (χ2v) is 5.45. The number of aliphatic hydroxyl groups excluding tert-OH is 1. The van der Waals surface area contributed by atoms with Gasteiger partial charge >= 0.3 is 0 Å². The number of nitro groups is 1. The fourth-order valence-corrected chi connectivity index (χ4v) is 2.31. The van der Waals surface area contributed by atoms with Crippen molar-refractivity contribution in [1.29, 1.82) is 0 Å². The van der Waals surface area contributed by atoms with Crippen molar-refractivity contribution in [3.05, 3.63) is 40.6 Å². The van der Waals surface area contributed by atoms with E-state index in [0.29, 0.717) is 29.8 Å². The first-order valence-electron chi connectivity index (χ1n) is 6.93. The fourth-order valence-electron chi connectivity index (χ4n) is 2.31. The smallest absolute Gasteiger partial charge is 0.295 e. The molecule has 21 heavy (non-hydrogen) atoms. The summed E-state index contributed by atoms with van der Waals surface area (Å²) >= 11 is 0. The molecule has 0 radical (unpaired) electrons. The maximum absolute atomic E-state index is 11.0. The average molecular weight is 289 g/mol. The predicted molar refractivity (Wildman–Crippen MR) is 82.3 cm³/mol. The minimum Gasteiger partial charge on any atom is -0.391 e. The summed E-state index contributed by atoms with van der Waals surface area (Å²) in [4.78, 5) is 14.7. The van der Waals surface area contributed by atoms with Gasteiger partial charge in [-0.25, -0.2) is 4.98 Å². The zero-order valence-corrected chi connectivity index (χ0v) is 12.1. The quantitative estimate of drug-likeness (QED) is 0.630. The van der Waals surface area contributed by atoms with Gasteiger partial charge < -0.3 is 10.4 Å². The van der Waals surface area contributed by atoms with Gasteiger partial charge in [0.25, 0.3) is 5.69 Å². The molecule has 0 aliphatic carbocycles. The number of nitrogens with one attached hydrogen (secondary N) is 1. The molecule has 1 aromatic heterocycles. The molecule has 2 rings (SSSR count). The Labute approximate surface area is 123 Å². The zero-order chi connectivity index (χ0) is 15.4. The molecule has 0 aliphatic heterocycles. The monoisotopic (exact) mass is 289 g/mol. The van der Waals surface area contributed by atoms with Crippen LogP contribution in [0.15, 0.2) is 30.5 Å². The summed E-state index contributed by atoms with van der Waals surface area (Å²) in [5.74, 6) is 0.414. The molecule has 0 fully saturated rings. The lowest BCUT2D eigenvalue weighted by molar-refractivity contribution is -0.383. The Balaban J connectivity index is 2.25. The van der Waals surface area contributed by atoms with Crippen LogP contribution in [0.3, 0.4) is 0 Å². The Morgan fingerprint density at radius 1 is 1.38 bits per heavy atom. The number of rotatable bonds is 6. The Bertz CT molecular complexity index is 643. The number of aliphatic hydroxyl groups is 1. The highest BCUT2D eigenvalue weighted by molar-refractivity contribution is 5.96. The van der Waals surface area contributed by atoms with Gasteiger partial charge in [0, 0.05) is 29.9 Å². The number of anilines is 1. The van der Waals surface area contributed by atoms with Crippen LogP contribution in [0.25, 0.3) is 10.9 Å². The van der Waals surface area contributed by atoms with Gasteiger partial charge in [0.05, 0.1) is 11.0 Å². The van der Waals surface area contributed by atoms with Gasteiger partial charge in [0.15, 0.2) is 0 Å². The van der Waals surface area contributed by atoms with Crippen LogP contribution >= 0.6 is 0 Å². The van der Waals surface area contributed by atoms with Crippen molar-refractivity contribution in [2.24, 2.45) is 5.92 Å². The number of pyridine rings is 1. The summed E-state index contributed by atoms with van der Waals surface area (Å²) < 4.78 is 0. The number of non-ortho nitro benzene ring substituents is 1. The van der Waals surface area contributed by atoms with E-state index >= 15 is 0 Å². The van der Waals surface area contributed by atoms with E-state index in [4.69, 9.17) is 0 Å². The largest absolute Gasteiger partial charge is 0.391 e. The molecule has 112 valence electrons. The van der Waals surface area contributed by atoms with Crippen molar-refractivity contribution < 1.29 is 10.0 Å². The highest BCUT2D eigenvalue weighted by atomic mass is 16.6. The summed E-state index contributed by atoms with van der Waals surface area (Å²) in [6.07, 6.45) is 1.79. The number of benzene rings is 1. The zero-order valence-electron chi connectivity index (χ0n) is 12.1. The topological polar surface area (TPSA) is 88.3 Å². The molecule has 0 aliphatic rings. The molecule has 0 spiro atoms. The maximum atomic E-state index is 11.0. The van der Waals surface area contributed by atoms with Gasteiger partial charge in [0.1, 0.15) is 5.52 Å². The van der Waals surface area contributed by atoms with Crippen LogP contribution in [-0.2, 0) is 0 Å². The Morgan fingerprint density at radius 3 is 2.81 bits per heavy atom. The Hall–Kier alpha value is -2.21. The SMILES string of the molecule is CC(C)CC(O)CNc1ccc([N+](=O)[O-])c2ncccc12. The average Bonchev–Trinajstić information content (AvgIpc) is 2.43. The standard InChI is InChI=1S/C15H19N3O3/c1-10(2)8-11(19)9-17-13-5-6-14(18(20)21)15-12(13)4-3-7-16-15/h3-7,10-11,17,19H,8-9H2,1-2H3. The van der Waals surface area contributed by atoms with Crippen LogP contribution in [0.1, 0.15) is 20.3 Å². The number of hydrogen-bond donors (Lipinski definition) is 2. The second kappa shape index (κ2) is 6.49.